The molecule has 0 unspecified atom stereocenters. The Balaban J connectivity index is 1.70. The number of anilines is 2. The van der Waals surface area contributed by atoms with Gasteiger partial charge in [-0.3, -0.25) is 4.90 Å². The van der Waals surface area contributed by atoms with E-state index >= 15 is 0 Å². The Morgan fingerprint density at radius 2 is 1.64 bits per heavy atom. The summed E-state index contributed by atoms with van der Waals surface area (Å²) in [5.74, 6) is -0.915. The van der Waals surface area contributed by atoms with Crippen LogP contribution in [0.25, 0.3) is 0 Å². The number of amides is 2. The van der Waals surface area contributed by atoms with Crippen molar-refractivity contribution in [3.8, 4) is 0 Å². The second-order valence-electron chi connectivity index (χ2n) is 6.95. The van der Waals surface area contributed by atoms with E-state index in [2.05, 4.69) is 17.0 Å². The minimum atomic E-state index is -0.915. The fraction of sp³-hybridized carbons (Fsp3) is 0.579. The summed E-state index contributed by atoms with van der Waals surface area (Å²) in [5, 5.41) is 9.37. The number of carbonyl (C=O) groups excluding carboxylic acids is 1. The first-order valence-electron chi connectivity index (χ1n) is 9.20. The van der Waals surface area contributed by atoms with Crippen molar-refractivity contribution in [2.75, 3.05) is 36.5 Å². The molecule has 0 radical (unpaired) electrons. The van der Waals surface area contributed by atoms with Crippen LogP contribution in [0.15, 0.2) is 24.3 Å². The summed E-state index contributed by atoms with van der Waals surface area (Å²) >= 11 is 0. The molecule has 0 spiro atoms. The number of nitrogens with zero attached hydrogens (tertiary/aromatic N) is 3. The van der Waals surface area contributed by atoms with Crippen molar-refractivity contribution in [3.05, 3.63) is 24.3 Å². The number of likely N-dealkylation sites (tertiary alicyclic amines) is 1. The van der Waals surface area contributed by atoms with E-state index in [4.69, 9.17) is 0 Å². The molecule has 6 nitrogen and oxygen atoms in total. The molecule has 3 rings (SSSR count). The Morgan fingerprint density at radius 1 is 1.00 bits per heavy atom. The Morgan fingerprint density at radius 3 is 2.28 bits per heavy atom. The molecule has 1 N–H and O–H groups in total. The molecule has 0 bridgehead atoms. The van der Waals surface area contributed by atoms with Crippen LogP contribution in [0, 0.1) is 0 Å². The number of benzene rings is 1. The summed E-state index contributed by atoms with van der Waals surface area (Å²) in [6, 6.07) is 7.04. The SMILES string of the molecule is CN(C(=O)N1CCCC[C@H]1C(=O)O)c1ccc(N2CCCCC2)cc1. The lowest BCUT2D eigenvalue weighted by Crippen LogP contribution is -2.52. The third-order valence-electron chi connectivity index (χ3n) is 5.28. The number of carbonyl (C=O) groups is 2. The number of piperidine rings is 2. The molecule has 6 heteroatoms. The Bertz CT molecular complexity index is 611. The lowest BCUT2D eigenvalue weighted by molar-refractivity contribution is -0.143. The van der Waals surface area contributed by atoms with E-state index in [-0.39, 0.29) is 6.03 Å². The van der Waals surface area contributed by atoms with Crippen molar-refractivity contribution in [2.45, 2.75) is 44.6 Å². The van der Waals surface area contributed by atoms with E-state index in [1.54, 1.807) is 11.9 Å². The summed E-state index contributed by atoms with van der Waals surface area (Å²) < 4.78 is 0. The summed E-state index contributed by atoms with van der Waals surface area (Å²) in [4.78, 5) is 29.6. The first-order valence-corrected chi connectivity index (χ1v) is 9.20. The minimum absolute atomic E-state index is 0.238. The molecule has 1 aromatic carbocycles. The maximum absolute atomic E-state index is 12.8. The van der Waals surface area contributed by atoms with Gasteiger partial charge in [-0.15, -0.1) is 0 Å². The van der Waals surface area contributed by atoms with E-state index in [0.29, 0.717) is 13.0 Å². The average Bonchev–Trinajstić information content (AvgIpc) is 2.67. The van der Waals surface area contributed by atoms with Crippen LogP contribution in [0.1, 0.15) is 38.5 Å². The third-order valence-corrected chi connectivity index (χ3v) is 5.28. The van der Waals surface area contributed by atoms with Crippen molar-refractivity contribution < 1.29 is 14.7 Å². The second-order valence-corrected chi connectivity index (χ2v) is 6.95. The van der Waals surface area contributed by atoms with Gasteiger partial charge in [0.15, 0.2) is 0 Å². The normalized spacial score (nSPS) is 21.1. The predicted molar refractivity (Wildman–Crippen MR) is 98.3 cm³/mol. The van der Waals surface area contributed by atoms with E-state index in [0.717, 1.165) is 31.6 Å². The van der Waals surface area contributed by atoms with Crippen molar-refractivity contribution in [3.63, 3.8) is 0 Å². The van der Waals surface area contributed by atoms with Gasteiger partial charge < -0.3 is 14.9 Å². The quantitative estimate of drug-likeness (QED) is 0.914. The van der Waals surface area contributed by atoms with Gasteiger partial charge in [0.2, 0.25) is 0 Å². The molecule has 25 heavy (non-hydrogen) atoms. The summed E-state index contributed by atoms with van der Waals surface area (Å²) in [6.07, 6.45) is 6.00. The fourth-order valence-corrected chi connectivity index (χ4v) is 3.76. The zero-order valence-corrected chi connectivity index (χ0v) is 14.9. The number of carboxylic acids is 1. The first-order chi connectivity index (χ1) is 12.1. The summed E-state index contributed by atoms with van der Waals surface area (Å²) in [7, 11) is 1.71. The summed E-state index contributed by atoms with van der Waals surface area (Å²) in [5.41, 5.74) is 1.98. The van der Waals surface area contributed by atoms with E-state index in [1.807, 2.05) is 12.1 Å². The zero-order valence-electron chi connectivity index (χ0n) is 14.9. The molecule has 1 atom stereocenters. The number of rotatable bonds is 3. The number of aliphatic carboxylic acids is 1. The summed E-state index contributed by atoms with van der Waals surface area (Å²) in [6.45, 7) is 2.68. The number of hydrogen-bond donors (Lipinski definition) is 1. The highest BCUT2D eigenvalue weighted by Crippen LogP contribution is 2.25. The van der Waals surface area contributed by atoms with Crippen LogP contribution >= 0.6 is 0 Å². The van der Waals surface area contributed by atoms with Crippen LogP contribution in [-0.2, 0) is 4.79 Å². The van der Waals surface area contributed by atoms with Gasteiger partial charge in [0.25, 0.3) is 0 Å². The standard InChI is InChI=1S/C19H27N3O3/c1-20(19(25)22-14-6-3-7-17(22)18(23)24)15-8-10-16(11-9-15)21-12-4-2-5-13-21/h8-11,17H,2-7,12-14H2,1H3,(H,23,24)/t17-/m0/s1. The first kappa shape index (κ1) is 17.6. The van der Waals surface area contributed by atoms with Gasteiger partial charge >= 0.3 is 12.0 Å². The highest BCUT2D eigenvalue weighted by atomic mass is 16.4. The van der Waals surface area contributed by atoms with Gasteiger partial charge in [-0.2, -0.15) is 0 Å². The van der Waals surface area contributed by atoms with Crippen LogP contribution in [0.4, 0.5) is 16.2 Å². The van der Waals surface area contributed by atoms with Crippen molar-refractivity contribution in [1.29, 1.82) is 0 Å². The molecule has 2 aliphatic heterocycles. The zero-order chi connectivity index (χ0) is 17.8. The van der Waals surface area contributed by atoms with Gasteiger partial charge in [-0.05, 0) is 62.8 Å². The highest BCUT2D eigenvalue weighted by Gasteiger charge is 2.33. The Labute approximate surface area is 149 Å². The fourth-order valence-electron chi connectivity index (χ4n) is 3.76. The molecule has 136 valence electrons. The number of carboxylic acid groups (broad SMARTS) is 1. The highest BCUT2D eigenvalue weighted by molar-refractivity contribution is 5.94. The van der Waals surface area contributed by atoms with Gasteiger partial charge in [-0.25, -0.2) is 9.59 Å². The van der Waals surface area contributed by atoms with Gasteiger partial charge in [0, 0.05) is 38.1 Å². The van der Waals surface area contributed by atoms with Gasteiger partial charge in [0.05, 0.1) is 0 Å². The molecule has 1 aromatic rings. The monoisotopic (exact) mass is 345 g/mol. The third kappa shape index (κ3) is 3.89. The number of hydrogen-bond acceptors (Lipinski definition) is 3. The Hall–Kier alpha value is -2.24. The van der Waals surface area contributed by atoms with Crippen molar-refractivity contribution in [1.82, 2.24) is 4.90 Å². The van der Waals surface area contributed by atoms with E-state index < -0.39 is 12.0 Å². The molecule has 2 saturated heterocycles. The molecular formula is C19H27N3O3. The van der Waals surface area contributed by atoms with E-state index in [1.165, 1.54) is 29.8 Å². The molecule has 2 amide bonds. The second kappa shape index (κ2) is 7.76. The maximum Gasteiger partial charge on any atom is 0.326 e. The van der Waals surface area contributed by atoms with Gasteiger partial charge in [0.1, 0.15) is 6.04 Å². The topological polar surface area (TPSA) is 64.1 Å². The molecular weight excluding hydrogens is 318 g/mol. The lowest BCUT2D eigenvalue weighted by atomic mass is 10.0. The Kier molecular flexibility index (Phi) is 5.46. The lowest BCUT2D eigenvalue weighted by Gasteiger charge is -2.36. The maximum atomic E-state index is 12.8. The van der Waals surface area contributed by atoms with Crippen molar-refractivity contribution >= 4 is 23.4 Å². The number of urea groups is 1. The molecule has 2 aliphatic rings. The minimum Gasteiger partial charge on any atom is -0.480 e. The average molecular weight is 345 g/mol. The van der Waals surface area contributed by atoms with Crippen LogP contribution in [0.2, 0.25) is 0 Å². The molecule has 0 aliphatic carbocycles. The molecule has 2 heterocycles. The van der Waals surface area contributed by atoms with Gasteiger partial charge in [-0.1, -0.05) is 0 Å². The van der Waals surface area contributed by atoms with E-state index in [9.17, 15) is 14.7 Å². The predicted octanol–water partition coefficient (Wildman–Crippen LogP) is 3.17. The van der Waals surface area contributed by atoms with Crippen LogP contribution in [0.3, 0.4) is 0 Å². The molecule has 0 saturated carbocycles. The van der Waals surface area contributed by atoms with Crippen LogP contribution in [-0.4, -0.2) is 54.7 Å². The van der Waals surface area contributed by atoms with Crippen molar-refractivity contribution in [2.24, 2.45) is 0 Å². The smallest absolute Gasteiger partial charge is 0.326 e. The largest absolute Gasteiger partial charge is 0.480 e. The van der Waals surface area contributed by atoms with Crippen LogP contribution in [0.5, 0.6) is 0 Å². The molecule has 2 fully saturated rings. The molecule has 0 aromatic heterocycles. The van der Waals surface area contributed by atoms with Crippen LogP contribution < -0.4 is 9.80 Å².